The Bertz CT molecular complexity index is 1400. The summed E-state index contributed by atoms with van der Waals surface area (Å²) < 4.78 is 110. The van der Waals surface area contributed by atoms with Gasteiger partial charge in [0.05, 0.1) is 29.6 Å². The van der Waals surface area contributed by atoms with Gasteiger partial charge >= 0.3 is 18.3 Å². The van der Waals surface area contributed by atoms with Crippen molar-refractivity contribution in [2.75, 3.05) is 17.6 Å². The zero-order chi connectivity index (χ0) is 27.6. The molecule has 2 aromatic carbocycles. The molecule has 8 nitrogen and oxygen atoms in total. The first-order valence-corrected chi connectivity index (χ1v) is 12.1. The van der Waals surface area contributed by atoms with Crippen LogP contribution in [-0.4, -0.2) is 42.0 Å². The van der Waals surface area contributed by atoms with Crippen LogP contribution in [0.1, 0.15) is 23.6 Å². The van der Waals surface area contributed by atoms with E-state index in [2.05, 4.69) is 14.8 Å². The van der Waals surface area contributed by atoms with E-state index in [0.29, 0.717) is 12.1 Å². The first kappa shape index (κ1) is 27.7. The van der Waals surface area contributed by atoms with Gasteiger partial charge in [0.1, 0.15) is 6.33 Å². The zero-order valence-corrected chi connectivity index (χ0v) is 19.9. The van der Waals surface area contributed by atoms with E-state index in [1.54, 1.807) is 6.92 Å². The van der Waals surface area contributed by atoms with Crippen LogP contribution in [0, 0.1) is 0 Å². The Morgan fingerprint density at radius 3 is 2.08 bits per heavy atom. The Morgan fingerprint density at radius 2 is 1.59 bits per heavy atom. The van der Waals surface area contributed by atoms with E-state index in [-0.39, 0.29) is 29.5 Å². The summed E-state index contributed by atoms with van der Waals surface area (Å²) in [7, 11) is -3.55. The second-order valence-electron chi connectivity index (χ2n) is 7.56. The van der Waals surface area contributed by atoms with Crippen LogP contribution < -0.4 is 4.72 Å². The van der Waals surface area contributed by atoms with Crippen molar-refractivity contribution in [2.24, 2.45) is 0 Å². The number of alkyl halides is 6. The molecular formula is C22H18F6N4O4S. The van der Waals surface area contributed by atoms with Crippen LogP contribution in [0.5, 0.6) is 0 Å². The molecule has 0 atom stereocenters. The highest BCUT2D eigenvalue weighted by Crippen LogP contribution is 2.38. The third kappa shape index (κ3) is 7.31. The molecule has 0 fully saturated rings. The maximum atomic E-state index is 13.2. The van der Waals surface area contributed by atoms with E-state index >= 15 is 0 Å². The summed E-state index contributed by atoms with van der Waals surface area (Å²) >= 11 is 0. The minimum absolute atomic E-state index is 0.00302. The number of sulfonamides is 1. The van der Waals surface area contributed by atoms with Gasteiger partial charge in [0.15, 0.2) is 5.82 Å². The topological polar surface area (TPSA) is 103 Å². The van der Waals surface area contributed by atoms with Gasteiger partial charge in [-0.25, -0.2) is 22.9 Å². The summed E-state index contributed by atoms with van der Waals surface area (Å²) in [5.41, 5.74) is -3.22. The molecule has 3 rings (SSSR count). The lowest BCUT2D eigenvalue weighted by molar-refractivity contribution is -0.143. The zero-order valence-electron chi connectivity index (χ0n) is 19.1. The molecule has 0 radical (unpaired) electrons. The van der Waals surface area contributed by atoms with E-state index in [4.69, 9.17) is 4.74 Å². The summed E-state index contributed by atoms with van der Waals surface area (Å²) in [5, 5.41) is 3.90. The predicted octanol–water partition coefficient (Wildman–Crippen LogP) is 4.92. The fraction of sp³-hybridized carbons (Fsp3) is 0.227. The molecule has 0 aliphatic carbocycles. The molecule has 0 saturated heterocycles. The van der Waals surface area contributed by atoms with Crippen molar-refractivity contribution in [2.45, 2.75) is 19.3 Å². The van der Waals surface area contributed by atoms with E-state index in [9.17, 15) is 39.6 Å². The van der Waals surface area contributed by atoms with Gasteiger partial charge in [0.25, 0.3) is 0 Å². The molecule has 0 aliphatic heterocycles. The highest BCUT2D eigenvalue weighted by Gasteiger charge is 2.37. The Labute approximate surface area is 206 Å². The number of nitrogens with one attached hydrogen (secondary N) is 1. The molecule has 0 aliphatic rings. The minimum atomic E-state index is -5.05. The van der Waals surface area contributed by atoms with Gasteiger partial charge in [-0.15, -0.1) is 5.10 Å². The maximum Gasteiger partial charge on any atom is 0.416 e. The monoisotopic (exact) mass is 548 g/mol. The molecule has 1 N–H and O–H groups in total. The van der Waals surface area contributed by atoms with Gasteiger partial charge in [-0.2, -0.15) is 26.3 Å². The normalized spacial score (nSPS) is 12.9. The molecule has 0 spiro atoms. The standard InChI is InChI=1S/C22H18F6N4O4S/c1-3-36-20(33)18(13-4-6-17(7-5-13)31-37(2,34)35)11-32-12-29-19(30-32)14-8-15(21(23,24)25)10-16(9-14)22(26,27)28/h4-12,31H,3H2,1-2H3/b18-11+. The third-order valence-electron chi connectivity index (χ3n) is 4.61. The Kier molecular flexibility index (Phi) is 7.67. The van der Waals surface area contributed by atoms with Crippen LogP contribution in [0.2, 0.25) is 0 Å². The van der Waals surface area contributed by atoms with Gasteiger partial charge in [-0.3, -0.25) is 4.72 Å². The number of carbonyl (C=O) groups is 1. The lowest BCUT2D eigenvalue weighted by Gasteiger charge is -2.13. The van der Waals surface area contributed by atoms with Gasteiger partial charge in [0, 0.05) is 17.5 Å². The van der Waals surface area contributed by atoms with Crippen LogP contribution in [0.3, 0.4) is 0 Å². The number of anilines is 1. The Morgan fingerprint density at radius 1 is 1.03 bits per heavy atom. The quantitative estimate of drug-likeness (QED) is 0.256. The van der Waals surface area contributed by atoms with Gasteiger partial charge in [-0.1, -0.05) is 12.1 Å². The van der Waals surface area contributed by atoms with Crippen molar-refractivity contribution in [1.29, 1.82) is 0 Å². The van der Waals surface area contributed by atoms with E-state index < -0.39 is 50.9 Å². The lowest BCUT2D eigenvalue weighted by atomic mass is 10.0. The number of carbonyl (C=O) groups excluding carboxylic acids is 1. The molecule has 198 valence electrons. The number of nitrogens with zero attached hydrogens (tertiary/aromatic N) is 3. The number of hydrogen-bond acceptors (Lipinski definition) is 6. The molecule has 15 heteroatoms. The second-order valence-corrected chi connectivity index (χ2v) is 9.31. The van der Waals surface area contributed by atoms with Crippen LogP contribution in [0.25, 0.3) is 23.2 Å². The average Bonchev–Trinajstić information content (AvgIpc) is 3.24. The van der Waals surface area contributed by atoms with Gasteiger partial charge in [0.2, 0.25) is 10.0 Å². The Balaban J connectivity index is 2.04. The van der Waals surface area contributed by atoms with Crippen LogP contribution in [-0.2, 0) is 31.9 Å². The number of aromatic nitrogens is 3. The molecule has 0 unspecified atom stereocenters. The Hall–Kier alpha value is -3.88. The number of benzene rings is 2. The van der Waals surface area contributed by atoms with E-state index in [0.717, 1.165) is 23.5 Å². The molecule has 0 amide bonds. The van der Waals surface area contributed by atoms with Crippen molar-refractivity contribution >= 4 is 33.5 Å². The highest BCUT2D eigenvalue weighted by molar-refractivity contribution is 7.92. The van der Waals surface area contributed by atoms with Crippen molar-refractivity contribution < 1.29 is 44.3 Å². The number of rotatable bonds is 7. The molecule has 1 heterocycles. The lowest BCUT2D eigenvalue weighted by Crippen LogP contribution is -2.11. The molecule has 0 saturated carbocycles. The van der Waals surface area contributed by atoms with Crippen LogP contribution >= 0.6 is 0 Å². The number of halogens is 6. The summed E-state index contributed by atoms with van der Waals surface area (Å²) in [6.07, 6.45) is -7.04. The largest absolute Gasteiger partial charge is 0.462 e. The second kappa shape index (κ2) is 10.2. The van der Waals surface area contributed by atoms with Crippen LogP contribution in [0.15, 0.2) is 48.8 Å². The fourth-order valence-electron chi connectivity index (χ4n) is 3.07. The van der Waals surface area contributed by atoms with Crippen molar-refractivity contribution in [3.8, 4) is 11.4 Å². The van der Waals surface area contributed by atoms with E-state index in [1.165, 1.54) is 24.3 Å². The predicted molar refractivity (Wildman–Crippen MR) is 121 cm³/mol. The summed E-state index contributed by atoms with van der Waals surface area (Å²) in [4.78, 5) is 16.3. The van der Waals surface area contributed by atoms with Gasteiger partial charge < -0.3 is 4.74 Å². The number of ether oxygens (including phenoxy) is 1. The molecule has 1 aromatic heterocycles. The van der Waals surface area contributed by atoms with Crippen molar-refractivity contribution in [3.63, 3.8) is 0 Å². The minimum Gasteiger partial charge on any atom is -0.462 e. The molecule has 3 aromatic rings. The summed E-state index contributed by atoms with van der Waals surface area (Å²) in [5.74, 6) is -1.27. The number of esters is 1. The van der Waals surface area contributed by atoms with E-state index in [1.807, 2.05) is 0 Å². The van der Waals surface area contributed by atoms with Gasteiger partial charge in [-0.05, 0) is 42.8 Å². The summed E-state index contributed by atoms with van der Waals surface area (Å²) in [6.45, 7) is 1.55. The maximum absolute atomic E-state index is 13.2. The third-order valence-corrected chi connectivity index (χ3v) is 5.22. The summed E-state index contributed by atoms with van der Waals surface area (Å²) in [6, 6.07) is 6.50. The first-order valence-electron chi connectivity index (χ1n) is 10.2. The first-order chi connectivity index (χ1) is 17.1. The molecular weight excluding hydrogens is 530 g/mol. The fourth-order valence-corrected chi connectivity index (χ4v) is 3.64. The smallest absolute Gasteiger partial charge is 0.416 e. The molecule has 0 bridgehead atoms. The SMILES string of the molecule is CCOC(=O)/C(=C/n1cnc(-c2cc(C(F)(F)F)cc(C(F)(F)F)c2)n1)c1ccc(NS(C)(=O)=O)cc1. The average molecular weight is 548 g/mol. The highest BCUT2D eigenvalue weighted by atomic mass is 32.2. The number of hydrogen-bond donors (Lipinski definition) is 1. The van der Waals surface area contributed by atoms with Crippen LogP contribution in [0.4, 0.5) is 32.0 Å². The molecule has 37 heavy (non-hydrogen) atoms. The van der Waals surface area contributed by atoms with Crippen molar-refractivity contribution in [1.82, 2.24) is 14.8 Å². The van der Waals surface area contributed by atoms with Crippen molar-refractivity contribution in [3.05, 3.63) is 65.5 Å².